The van der Waals surface area contributed by atoms with E-state index in [4.69, 9.17) is 23.8 Å². The molecule has 38 heavy (non-hydrogen) atoms. The van der Waals surface area contributed by atoms with Crippen molar-refractivity contribution in [3.8, 4) is 23.0 Å². The fourth-order valence-corrected chi connectivity index (χ4v) is 4.98. The highest BCUT2D eigenvalue weighted by atomic mass is 16.7. The van der Waals surface area contributed by atoms with Crippen LogP contribution in [-0.2, 0) is 14.4 Å². The minimum atomic E-state index is -1.01. The van der Waals surface area contributed by atoms with Gasteiger partial charge in [0.1, 0.15) is 23.5 Å². The van der Waals surface area contributed by atoms with Crippen molar-refractivity contribution in [1.29, 1.82) is 0 Å². The van der Waals surface area contributed by atoms with E-state index in [0.717, 1.165) is 6.42 Å². The minimum absolute atomic E-state index is 0.359. The molecule has 5 rings (SSSR count). The predicted octanol–water partition coefficient (Wildman–Crippen LogP) is 4.55. The Bertz CT molecular complexity index is 1310. The molecule has 2 saturated heterocycles. The molecule has 0 bridgehead atoms. The van der Waals surface area contributed by atoms with Gasteiger partial charge in [-0.15, -0.1) is 0 Å². The first-order valence-electron chi connectivity index (χ1n) is 12.4. The number of amides is 2. The summed E-state index contributed by atoms with van der Waals surface area (Å²) in [5.74, 6) is 0.494. The van der Waals surface area contributed by atoms with E-state index in [-0.39, 0.29) is 5.91 Å². The molecule has 2 heterocycles. The number of hydroxylamine groups is 1. The van der Waals surface area contributed by atoms with E-state index in [0.29, 0.717) is 46.5 Å². The van der Waals surface area contributed by atoms with E-state index < -0.39 is 24.0 Å². The van der Waals surface area contributed by atoms with Gasteiger partial charge in [-0.3, -0.25) is 14.4 Å². The van der Waals surface area contributed by atoms with Gasteiger partial charge in [0.2, 0.25) is 5.91 Å². The lowest BCUT2D eigenvalue weighted by Crippen LogP contribution is -2.37. The summed E-state index contributed by atoms with van der Waals surface area (Å²) in [6, 6.07) is 19.1. The maximum absolute atomic E-state index is 14.0. The lowest BCUT2D eigenvalue weighted by Gasteiger charge is -2.30. The molecule has 0 N–H and O–H groups in total. The predicted molar refractivity (Wildman–Crippen MR) is 141 cm³/mol. The summed E-state index contributed by atoms with van der Waals surface area (Å²) in [7, 11) is 4.62. The van der Waals surface area contributed by atoms with Gasteiger partial charge in [0.25, 0.3) is 5.91 Å². The van der Waals surface area contributed by atoms with Crippen LogP contribution in [0.3, 0.4) is 0 Å². The van der Waals surface area contributed by atoms with E-state index in [1.54, 1.807) is 48.6 Å². The number of hydrogen-bond acceptors (Lipinski definition) is 8. The summed E-state index contributed by atoms with van der Waals surface area (Å²) < 4.78 is 22.4. The second kappa shape index (κ2) is 10.6. The van der Waals surface area contributed by atoms with Crippen molar-refractivity contribution < 1.29 is 33.4 Å². The smallest absolute Gasteiger partial charge is 0.266 e. The van der Waals surface area contributed by atoms with Crippen molar-refractivity contribution in [1.82, 2.24) is 0 Å². The molecular weight excluding hydrogens is 488 g/mol. The molecule has 0 aromatic heterocycles. The molecule has 3 aromatic rings. The number of benzene rings is 3. The molecule has 3 atom stereocenters. The van der Waals surface area contributed by atoms with Crippen LogP contribution in [0, 0.1) is 5.92 Å². The SMILES string of the molecule is CCCOc1ccc(N2C(=O)[C@H]3[C@@H](ON(c4ccccc4)[C@H]3c3cc(OC)c(OC)cc3OC)C2=O)cc1. The summed E-state index contributed by atoms with van der Waals surface area (Å²) in [6.45, 7) is 2.61. The number of para-hydroxylation sites is 1. The molecule has 2 fully saturated rings. The summed E-state index contributed by atoms with van der Waals surface area (Å²) in [6.07, 6.45) is -0.133. The molecule has 2 aliphatic heterocycles. The van der Waals surface area contributed by atoms with Crippen LogP contribution < -0.4 is 28.9 Å². The number of carbonyl (C=O) groups excluding carboxylic acids is 2. The number of fused-ring (bicyclic) bond motifs is 1. The Balaban J connectivity index is 1.58. The van der Waals surface area contributed by atoms with Gasteiger partial charge in [-0.1, -0.05) is 25.1 Å². The molecule has 3 aromatic carbocycles. The number of methoxy groups -OCH3 is 3. The van der Waals surface area contributed by atoms with Crippen molar-refractivity contribution in [3.05, 3.63) is 72.3 Å². The molecule has 0 saturated carbocycles. The Morgan fingerprint density at radius 3 is 2.08 bits per heavy atom. The zero-order chi connectivity index (χ0) is 26.8. The van der Waals surface area contributed by atoms with Crippen molar-refractivity contribution in [2.24, 2.45) is 5.92 Å². The molecule has 0 aliphatic carbocycles. The molecular formula is C29H30N2O7. The van der Waals surface area contributed by atoms with Crippen molar-refractivity contribution in [2.75, 3.05) is 37.9 Å². The Kier molecular flexibility index (Phi) is 7.11. The van der Waals surface area contributed by atoms with E-state index in [2.05, 4.69) is 0 Å². The highest BCUT2D eigenvalue weighted by molar-refractivity contribution is 6.24. The summed E-state index contributed by atoms with van der Waals surface area (Å²) >= 11 is 0. The average Bonchev–Trinajstić information content (AvgIpc) is 3.47. The van der Waals surface area contributed by atoms with Gasteiger partial charge in [0, 0.05) is 11.6 Å². The number of ether oxygens (including phenoxy) is 4. The fraction of sp³-hybridized carbons (Fsp3) is 0.310. The van der Waals surface area contributed by atoms with Gasteiger partial charge < -0.3 is 18.9 Å². The maximum Gasteiger partial charge on any atom is 0.266 e. The minimum Gasteiger partial charge on any atom is -0.496 e. The third-order valence-corrected chi connectivity index (χ3v) is 6.75. The maximum atomic E-state index is 14.0. The highest BCUT2D eigenvalue weighted by Crippen LogP contribution is 2.51. The summed E-state index contributed by atoms with van der Waals surface area (Å²) in [4.78, 5) is 35.0. The third-order valence-electron chi connectivity index (χ3n) is 6.75. The average molecular weight is 519 g/mol. The quantitative estimate of drug-likeness (QED) is 0.382. The number of nitrogens with zero attached hydrogens (tertiary/aromatic N) is 2. The Morgan fingerprint density at radius 1 is 0.789 bits per heavy atom. The van der Waals surface area contributed by atoms with Crippen LogP contribution in [0.4, 0.5) is 11.4 Å². The van der Waals surface area contributed by atoms with Gasteiger partial charge in [0.05, 0.1) is 39.3 Å². The molecule has 2 amide bonds. The largest absolute Gasteiger partial charge is 0.496 e. The Morgan fingerprint density at radius 2 is 1.45 bits per heavy atom. The van der Waals surface area contributed by atoms with E-state index in [1.165, 1.54) is 19.1 Å². The molecule has 9 heteroatoms. The summed E-state index contributed by atoms with van der Waals surface area (Å²) in [5, 5.41) is 1.62. The lowest BCUT2D eigenvalue weighted by atomic mass is 9.89. The first-order valence-corrected chi connectivity index (χ1v) is 12.4. The number of carbonyl (C=O) groups is 2. The van der Waals surface area contributed by atoms with Crippen LogP contribution in [0.2, 0.25) is 0 Å². The van der Waals surface area contributed by atoms with Gasteiger partial charge >= 0.3 is 0 Å². The van der Waals surface area contributed by atoms with Crippen molar-refractivity contribution in [3.63, 3.8) is 0 Å². The first kappa shape index (κ1) is 25.4. The lowest BCUT2D eigenvalue weighted by molar-refractivity contribution is -0.126. The molecule has 198 valence electrons. The van der Waals surface area contributed by atoms with E-state index in [9.17, 15) is 9.59 Å². The topological polar surface area (TPSA) is 86.8 Å². The van der Waals surface area contributed by atoms with Crippen LogP contribution in [-0.4, -0.2) is 45.9 Å². The Labute approximate surface area is 221 Å². The number of anilines is 2. The van der Waals surface area contributed by atoms with Gasteiger partial charge in [-0.25, -0.2) is 9.96 Å². The molecule has 2 aliphatic rings. The molecule has 0 unspecified atom stereocenters. The van der Waals surface area contributed by atoms with Crippen LogP contribution in [0.25, 0.3) is 0 Å². The van der Waals surface area contributed by atoms with Crippen LogP contribution in [0.15, 0.2) is 66.7 Å². The summed E-state index contributed by atoms with van der Waals surface area (Å²) in [5.41, 5.74) is 1.80. The van der Waals surface area contributed by atoms with Crippen LogP contribution in [0.5, 0.6) is 23.0 Å². The van der Waals surface area contributed by atoms with Gasteiger partial charge in [-0.2, -0.15) is 0 Å². The van der Waals surface area contributed by atoms with Crippen LogP contribution >= 0.6 is 0 Å². The van der Waals surface area contributed by atoms with Gasteiger partial charge in [-0.05, 0) is 48.9 Å². The number of hydrogen-bond donors (Lipinski definition) is 0. The molecule has 0 radical (unpaired) electrons. The van der Waals surface area contributed by atoms with Crippen molar-refractivity contribution >= 4 is 23.2 Å². The number of rotatable bonds is 9. The first-order chi connectivity index (χ1) is 18.5. The van der Waals surface area contributed by atoms with Gasteiger partial charge in [0.15, 0.2) is 17.6 Å². The van der Waals surface area contributed by atoms with E-state index >= 15 is 0 Å². The number of imide groups is 1. The second-order valence-corrected chi connectivity index (χ2v) is 8.96. The fourth-order valence-electron chi connectivity index (χ4n) is 4.98. The monoisotopic (exact) mass is 518 g/mol. The second-order valence-electron chi connectivity index (χ2n) is 8.96. The Hall–Kier alpha value is -4.24. The third kappa shape index (κ3) is 4.28. The zero-order valence-corrected chi connectivity index (χ0v) is 21.7. The standard InChI is InChI=1S/C29H30N2O7/c1-5-15-37-20-13-11-18(12-14-20)30-28(32)25-26(21-16-23(35-3)24(36-4)17-22(21)34-2)31(38-27(25)29(30)33)19-9-7-6-8-10-19/h6-14,16-17,25-27H,5,15H2,1-4H3/t25-,26+,27-/m1/s1. The molecule has 0 spiro atoms. The van der Waals surface area contributed by atoms with Crippen LogP contribution in [0.1, 0.15) is 24.9 Å². The zero-order valence-electron chi connectivity index (χ0n) is 21.7. The molecule has 9 nitrogen and oxygen atoms in total. The normalized spacial score (nSPS) is 20.5. The van der Waals surface area contributed by atoms with Crippen molar-refractivity contribution in [2.45, 2.75) is 25.5 Å². The van der Waals surface area contributed by atoms with E-state index in [1.807, 2.05) is 37.3 Å². The highest BCUT2D eigenvalue weighted by Gasteiger charge is 2.61.